The average molecular weight is 504 g/mol. The highest BCUT2D eigenvalue weighted by molar-refractivity contribution is 6.30. The van der Waals surface area contributed by atoms with E-state index >= 15 is 0 Å². The largest absolute Gasteiger partial charge is 0.376 e. The molecule has 1 fully saturated rings. The second-order valence-corrected chi connectivity index (χ2v) is 8.90. The Hall–Kier alpha value is -3.17. The van der Waals surface area contributed by atoms with Crippen LogP contribution < -0.4 is 0 Å². The molecular formula is C25H24ClF2N3O4. The molecule has 10 heteroatoms. The number of nitrogens with zero attached hydrogens (tertiary/aromatic N) is 3. The van der Waals surface area contributed by atoms with Crippen molar-refractivity contribution in [3.8, 4) is 0 Å². The number of ketones is 2. The lowest BCUT2D eigenvalue weighted by molar-refractivity contribution is -0.140. The fraction of sp³-hybridized carbons (Fsp3) is 0.360. The number of alkyl halides is 1. The van der Waals surface area contributed by atoms with Crippen LogP contribution in [-0.2, 0) is 27.3 Å². The minimum Gasteiger partial charge on any atom is -0.376 e. The van der Waals surface area contributed by atoms with E-state index in [2.05, 4.69) is 4.98 Å². The van der Waals surface area contributed by atoms with E-state index in [0.717, 1.165) is 4.90 Å². The second-order valence-electron chi connectivity index (χ2n) is 8.49. The van der Waals surface area contributed by atoms with E-state index in [-0.39, 0.29) is 42.3 Å². The average Bonchev–Trinajstić information content (AvgIpc) is 3.37. The third-order valence-electron chi connectivity index (χ3n) is 6.29. The Balaban J connectivity index is 1.56. The number of rotatable bonds is 8. The summed E-state index contributed by atoms with van der Waals surface area (Å²) in [4.78, 5) is 43.9. The Morgan fingerprint density at radius 3 is 2.71 bits per heavy atom. The van der Waals surface area contributed by atoms with E-state index in [9.17, 15) is 23.2 Å². The van der Waals surface area contributed by atoms with Crippen LogP contribution in [0, 0.1) is 5.82 Å². The molecule has 184 valence electrons. The second kappa shape index (κ2) is 10.2. The van der Waals surface area contributed by atoms with Crippen molar-refractivity contribution in [1.82, 2.24) is 14.5 Å². The summed E-state index contributed by atoms with van der Waals surface area (Å²) in [5.41, 5.74) is 1.11. The maximum absolute atomic E-state index is 14.8. The maximum atomic E-state index is 14.8. The summed E-state index contributed by atoms with van der Waals surface area (Å²) in [6, 6.07) is 6.77. The molecule has 1 aromatic carbocycles. The van der Waals surface area contributed by atoms with Gasteiger partial charge in [0.25, 0.3) is 0 Å². The van der Waals surface area contributed by atoms with Gasteiger partial charge < -0.3 is 14.2 Å². The number of fused-ring (bicyclic) bond motifs is 1. The first-order valence-corrected chi connectivity index (χ1v) is 11.5. The van der Waals surface area contributed by atoms with Gasteiger partial charge in [-0.1, -0.05) is 23.7 Å². The number of halogens is 3. The summed E-state index contributed by atoms with van der Waals surface area (Å²) in [6.45, 7) is 0.866. The topological polar surface area (TPSA) is 81.5 Å². The van der Waals surface area contributed by atoms with Crippen LogP contribution in [0.25, 0.3) is 11.0 Å². The van der Waals surface area contributed by atoms with Crippen molar-refractivity contribution < 1.29 is 27.9 Å². The van der Waals surface area contributed by atoms with Crippen LogP contribution in [0.2, 0.25) is 5.02 Å². The third-order valence-corrected chi connectivity index (χ3v) is 6.58. The molecule has 1 aliphatic rings. The smallest absolute Gasteiger partial charge is 0.243 e. The summed E-state index contributed by atoms with van der Waals surface area (Å²) in [5.74, 6) is -1.75. The van der Waals surface area contributed by atoms with Gasteiger partial charge in [-0.15, -0.1) is 0 Å². The summed E-state index contributed by atoms with van der Waals surface area (Å²) >= 11 is 5.81. The molecule has 1 saturated heterocycles. The summed E-state index contributed by atoms with van der Waals surface area (Å²) in [7, 11) is 1.28. The number of likely N-dealkylation sites (tertiary alicyclic amines) is 1. The van der Waals surface area contributed by atoms with E-state index in [1.54, 1.807) is 24.4 Å². The van der Waals surface area contributed by atoms with Crippen LogP contribution in [0.1, 0.15) is 29.3 Å². The zero-order valence-electron chi connectivity index (χ0n) is 19.2. The number of methoxy groups -OCH3 is 1. The van der Waals surface area contributed by atoms with Crippen LogP contribution in [0.15, 0.2) is 42.7 Å². The molecule has 4 rings (SSSR count). The summed E-state index contributed by atoms with van der Waals surface area (Å²) in [5, 5.41) is 0.548. The van der Waals surface area contributed by atoms with Gasteiger partial charge >= 0.3 is 0 Å². The van der Waals surface area contributed by atoms with E-state index in [4.69, 9.17) is 16.3 Å². The first-order chi connectivity index (χ1) is 16.7. The van der Waals surface area contributed by atoms with Crippen molar-refractivity contribution in [3.05, 3.63) is 64.7 Å². The monoisotopic (exact) mass is 503 g/mol. The van der Waals surface area contributed by atoms with E-state index in [0.29, 0.717) is 16.6 Å². The minimum atomic E-state index is -1.56. The molecule has 3 heterocycles. The predicted molar refractivity (Wildman–Crippen MR) is 126 cm³/mol. The van der Waals surface area contributed by atoms with Crippen LogP contribution >= 0.6 is 11.6 Å². The van der Waals surface area contributed by atoms with Gasteiger partial charge in [0, 0.05) is 36.9 Å². The zero-order chi connectivity index (χ0) is 25.3. The van der Waals surface area contributed by atoms with Crippen LogP contribution in [0.4, 0.5) is 8.78 Å². The zero-order valence-corrected chi connectivity index (χ0v) is 20.0. The highest BCUT2D eigenvalue weighted by Gasteiger charge is 2.48. The molecule has 0 aliphatic carbocycles. The number of hydrogen-bond acceptors (Lipinski definition) is 5. The normalized spacial score (nSPS) is 19.9. The number of hydrogen-bond donors (Lipinski definition) is 0. The van der Waals surface area contributed by atoms with Crippen molar-refractivity contribution in [2.45, 2.75) is 44.6 Å². The molecule has 2 aromatic heterocycles. The molecule has 7 nitrogen and oxygen atoms in total. The van der Waals surface area contributed by atoms with E-state index < -0.39 is 35.8 Å². The molecule has 0 saturated carbocycles. The standard InChI is InChI=1S/C25H24ClF2N3O4/c1-14(32)17-11-30(25-16(17)6-4-10-29-25)13-21(34)31-12-19(27)24(35-2)23(31)20(33)9-8-15-5-3-7-18(26)22(15)28/h3-7,10-11,19,23-24H,8-9,12-13H2,1-2H3/t19-,23+,24+/m0/s1. The SMILES string of the molecule is CO[C@H]1[C@@H](C(=O)CCc2cccc(Cl)c2F)N(C(=O)Cn2cc(C(C)=O)c3cccnc32)C[C@@H]1F. The minimum absolute atomic E-state index is 0.0469. The van der Waals surface area contributed by atoms with Gasteiger partial charge in [0.15, 0.2) is 11.6 Å². The highest BCUT2D eigenvalue weighted by atomic mass is 35.5. The lowest BCUT2D eigenvalue weighted by Gasteiger charge is -2.26. The number of carbonyl (C=O) groups is 3. The number of ether oxygens (including phenoxy) is 1. The van der Waals surface area contributed by atoms with Crippen molar-refractivity contribution in [2.24, 2.45) is 0 Å². The van der Waals surface area contributed by atoms with Gasteiger partial charge in [-0.05, 0) is 37.1 Å². The molecular weight excluding hydrogens is 480 g/mol. The number of benzene rings is 1. The van der Waals surface area contributed by atoms with Crippen molar-refractivity contribution in [1.29, 1.82) is 0 Å². The van der Waals surface area contributed by atoms with Gasteiger partial charge in [0.1, 0.15) is 36.3 Å². The molecule has 0 spiro atoms. The number of Topliss-reactive ketones (excluding diaryl/α,β-unsaturated/α-hetero) is 2. The Morgan fingerprint density at radius 1 is 1.23 bits per heavy atom. The van der Waals surface area contributed by atoms with Gasteiger partial charge in [-0.3, -0.25) is 14.4 Å². The lowest BCUT2D eigenvalue weighted by atomic mass is 9.99. The van der Waals surface area contributed by atoms with Gasteiger partial charge in [0.2, 0.25) is 5.91 Å². The molecule has 0 bridgehead atoms. The predicted octanol–water partition coefficient (Wildman–Crippen LogP) is 3.80. The van der Waals surface area contributed by atoms with E-state index in [1.165, 1.54) is 36.9 Å². The number of aryl methyl sites for hydroxylation is 1. The van der Waals surface area contributed by atoms with E-state index in [1.807, 2.05) is 0 Å². The Morgan fingerprint density at radius 2 is 2.00 bits per heavy atom. The number of aromatic nitrogens is 2. The Kier molecular flexibility index (Phi) is 7.28. The van der Waals surface area contributed by atoms with Crippen LogP contribution in [0.5, 0.6) is 0 Å². The quantitative estimate of drug-likeness (QED) is 0.437. The van der Waals surface area contributed by atoms with Crippen LogP contribution in [0.3, 0.4) is 0 Å². The van der Waals surface area contributed by atoms with Crippen molar-refractivity contribution >= 4 is 40.1 Å². The highest BCUT2D eigenvalue weighted by Crippen LogP contribution is 2.28. The lowest BCUT2D eigenvalue weighted by Crippen LogP contribution is -2.47. The van der Waals surface area contributed by atoms with Gasteiger partial charge in [-0.2, -0.15) is 0 Å². The molecule has 0 N–H and O–H groups in total. The molecule has 0 unspecified atom stereocenters. The number of pyridine rings is 1. The molecule has 35 heavy (non-hydrogen) atoms. The number of amides is 1. The Labute approximate surface area is 205 Å². The fourth-order valence-corrected chi connectivity index (χ4v) is 4.77. The van der Waals surface area contributed by atoms with Crippen LogP contribution in [-0.4, -0.2) is 63.9 Å². The molecule has 1 aliphatic heterocycles. The molecule has 3 aromatic rings. The Bertz CT molecular complexity index is 1290. The fourth-order valence-electron chi connectivity index (χ4n) is 4.58. The summed E-state index contributed by atoms with van der Waals surface area (Å²) < 4.78 is 35.8. The third kappa shape index (κ3) is 4.83. The molecule has 3 atom stereocenters. The molecule has 0 radical (unpaired) electrons. The van der Waals surface area contributed by atoms with Gasteiger partial charge in [0.05, 0.1) is 11.6 Å². The number of carbonyl (C=O) groups excluding carboxylic acids is 3. The maximum Gasteiger partial charge on any atom is 0.243 e. The van der Waals surface area contributed by atoms with Gasteiger partial charge in [-0.25, -0.2) is 13.8 Å². The first kappa shape index (κ1) is 24.9. The van der Waals surface area contributed by atoms with Crippen molar-refractivity contribution in [2.75, 3.05) is 13.7 Å². The molecule has 1 amide bonds. The summed E-state index contributed by atoms with van der Waals surface area (Å²) in [6.07, 6.45) is 0.304. The first-order valence-electron chi connectivity index (χ1n) is 11.1. The van der Waals surface area contributed by atoms with Crippen molar-refractivity contribution in [3.63, 3.8) is 0 Å².